The quantitative estimate of drug-likeness (QED) is 0.543. The first-order valence-corrected chi connectivity index (χ1v) is 3.52. The molecule has 0 saturated carbocycles. The second-order valence-corrected chi connectivity index (χ2v) is 2.63. The van der Waals surface area contributed by atoms with Crippen molar-refractivity contribution in [3.05, 3.63) is 27.6 Å². The van der Waals surface area contributed by atoms with Crippen LogP contribution in [0.2, 0.25) is 0 Å². The highest BCUT2D eigenvalue weighted by Gasteiger charge is 2.34. The molecule has 0 radical (unpaired) electrons. The van der Waals surface area contributed by atoms with E-state index in [1.165, 1.54) is 7.05 Å². The Labute approximate surface area is 76.3 Å². The molecule has 0 N–H and O–H groups in total. The Morgan fingerprint density at radius 3 is 2.57 bits per heavy atom. The number of nitro groups is 1. The second kappa shape index (κ2) is 3.28. The van der Waals surface area contributed by atoms with E-state index < -0.39 is 23.3 Å². The van der Waals surface area contributed by atoms with Crippen LogP contribution >= 0.6 is 0 Å². The number of halogens is 3. The normalized spacial score (nSPS) is 11.7. The molecular formula is C6H6F3N3O2. The van der Waals surface area contributed by atoms with Crippen LogP contribution in [0.3, 0.4) is 0 Å². The molecule has 0 aromatic carbocycles. The lowest BCUT2D eigenvalue weighted by molar-refractivity contribution is -0.497. The van der Waals surface area contributed by atoms with E-state index in [9.17, 15) is 23.3 Å². The lowest BCUT2D eigenvalue weighted by Crippen LogP contribution is -2.07. The van der Waals surface area contributed by atoms with Crippen molar-refractivity contribution in [3.8, 4) is 0 Å². The Morgan fingerprint density at radius 2 is 2.21 bits per heavy atom. The van der Waals surface area contributed by atoms with Gasteiger partial charge in [0.15, 0.2) is 5.69 Å². The molecule has 0 saturated heterocycles. The van der Waals surface area contributed by atoms with Gasteiger partial charge in [-0.2, -0.15) is 18.3 Å². The predicted octanol–water partition coefficient (Wildman–Crippen LogP) is 1.22. The predicted molar refractivity (Wildman–Crippen MR) is 38.9 cm³/mol. The Balaban J connectivity index is 2.99. The minimum absolute atomic E-state index is 0.0812. The third-order valence-corrected chi connectivity index (χ3v) is 1.56. The zero-order valence-electron chi connectivity index (χ0n) is 7.08. The smallest absolute Gasteiger partial charge is 0.265 e. The monoisotopic (exact) mass is 209 g/mol. The van der Waals surface area contributed by atoms with Gasteiger partial charge in [0.2, 0.25) is 6.54 Å². The molecule has 1 rings (SSSR count). The number of alkyl halides is 3. The fourth-order valence-corrected chi connectivity index (χ4v) is 0.925. The van der Waals surface area contributed by atoms with Crippen molar-refractivity contribution >= 4 is 0 Å². The Hall–Kier alpha value is -1.60. The Kier molecular flexibility index (Phi) is 2.45. The van der Waals surface area contributed by atoms with E-state index in [2.05, 4.69) is 5.10 Å². The molecule has 0 aliphatic carbocycles. The average Bonchev–Trinajstić information content (AvgIpc) is 2.30. The van der Waals surface area contributed by atoms with Crippen LogP contribution in [0.1, 0.15) is 11.4 Å². The number of hydrogen-bond acceptors (Lipinski definition) is 3. The molecule has 0 amide bonds. The van der Waals surface area contributed by atoms with Crippen LogP contribution in [0.5, 0.6) is 0 Å². The molecule has 0 bridgehead atoms. The van der Waals surface area contributed by atoms with Gasteiger partial charge in [0.25, 0.3) is 0 Å². The van der Waals surface area contributed by atoms with Crippen LogP contribution in [-0.2, 0) is 19.8 Å². The summed E-state index contributed by atoms with van der Waals surface area (Å²) < 4.78 is 37.1. The third kappa shape index (κ3) is 2.21. The molecule has 0 aliphatic heterocycles. The molecule has 5 nitrogen and oxygen atoms in total. The van der Waals surface area contributed by atoms with Gasteiger partial charge in [0.1, 0.15) is 5.69 Å². The standard InChI is InChI=1S/C6H6F3N3O2/c1-11-4(3-12(13)14)2-5(10-11)6(7,8)9/h2H,3H2,1H3. The summed E-state index contributed by atoms with van der Waals surface area (Å²) in [5.41, 5.74) is -1.20. The largest absolute Gasteiger partial charge is 0.435 e. The third-order valence-electron chi connectivity index (χ3n) is 1.56. The fraction of sp³-hybridized carbons (Fsp3) is 0.500. The lowest BCUT2D eigenvalue weighted by Gasteiger charge is -1.98. The van der Waals surface area contributed by atoms with E-state index >= 15 is 0 Å². The number of hydrogen-bond donors (Lipinski definition) is 0. The minimum atomic E-state index is -4.56. The molecule has 0 spiro atoms. The van der Waals surface area contributed by atoms with E-state index in [1.54, 1.807) is 0 Å². The maximum absolute atomic E-state index is 12.1. The average molecular weight is 209 g/mol. The second-order valence-electron chi connectivity index (χ2n) is 2.63. The zero-order valence-corrected chi connectivity index (χ0v) is 7.08. The molecule has 0 atom stereocenters. The first-order chi connectivity index (χ1) is 6.30. The Bertz CT molecular complexity index is 358. The summed E-state index contributed by atoms with van der Waals surface area (Å²) in [7, 11) is 1.23. The molecule has 0 fully saturated rings. The van der Waals surface area contributed by atoms with Crippen molar-refractivity contribution in [3.63, 3.8) is 0 Å². The number of rotatable bonds is 2. The van der Waals surface area contributed by atoms with Gasteiger partial charge in [-0.05, 0) is 6.07 Å². The van der Waals surface area contributed by atoms with E-state index in [0.717, 1.165) is 4.68 Å². The van der Waals surface area contributed by atoms with Crippen LogP contribution in [0, 0.1) is 10.1 Å². The minimum Gasteiger partial charge on any atom is -0.265 e. The highest BCUT2D eigenvalue weighted by molar-refractivity contribution is 5.12. The summed E-state index contributed by atoms with van der Waals surface area (Å²) >= 11 is 0. The first kappa shape index (κ1) is 10.5. The van der Waals surface area contributed by atoms with Crippen molar-refractivity contribution in [1.29, 1.82) is 0 Å². The van der Waals surface area contributed by atoms with Gasteiger partial charge in [-0.25, -0.2) is 0 Å². The molecule has 78 valence electrons. The first-order valence-electron chi connectivity index (χ1n) is 3.52. The highest BCUT2D eigenvalue weighted by Crippen LogP contribution is 2.28. The maximum Gasteiger partial charge on any atom is 0.435 e. The summed E-state index contributed by atoms with van der Waals surface area (Å²) in [6, 6.07) is 0.669. The van der Waals surface area contributed by atoms with Crippen LogP contribution in [0.4, 0.5) is 13.2 Å². The summed E-state index contributed by atoms with van der Waals surface area (Å²) in [5.74, 6) is 0. The van der Waals surface area contributed by atoms with E-state index in [0.29, 0.717) is 6.07 Å². The summed E-state index contributed by atoms with van der Waals surface area (Å²) in [6.45, 7) is -0.667. The molecule has 8 heteroatoms. The van der Waals surface area contributed by atoms with Gasteiger partial charge < -0.3 is 0 Å². The molecule has 0 aliphatic rings. The molecule has 1 heterocycles. The lowest BCUT2D eigenvalue weighted by atomic mass is 10.3. The zero-order chi connectivity index (χ0) is 10.9. The van der Waals surface area contributed by atoms with Crippen molar-refractivity contribution in [2.45, 2.75) is 12.7 Å². The van der Waals surface area contributed by atoms with Gasteiger partial charge in [-0.3, -0.25) is 14.8 Å². The molecule has 14 heavy (non-hydrogen) atoms. The summed E-state index contributed by atoms with van der Waals surface area (Å²) in [5, 5.41) is 13.2. The highest BCUT2D eigenvalue weighted by atomic mass is 19.4. The molecule has 1 aromatic rings. The molecular weight excluding hydrogens is 203 g/mol. The van der Waals surface area contributed by atoms with Crippen LogP contribution < -0.4 is 0 Å². The number of nitrogens with zero attached hydrogens (tertiary/aromatic N) is 3. The molecule has 0 unspecified atom stereocenters. The topological polar surface area (TPSA) is 61.0 Å². The van der Waals surface area contributed by atoms with Gasteiger partial charge >= 0.3 is 6.18 Å². The SMILES string of the molecule is Cn1nc(C(F)(F)F)cc1C[N+](=O)[O-]. The van der Waals surface area contributed by atoms with Crippen LogP contribution in [-0.4, -0.2) is 14.7 Å². The fourth-order valence-electron chi connectivity index (χ4n) is 0.925. The van der Waals surface area contributed by atoms with Crippen molar-refractivity contribution in [2.75, 3.05) is 0 Å². The van der Waals surface area contributed by atoms with Crippen molar-refractivity contribution in [2.24, 2.45) is 7.05 Å². The summed E-state index contributed by atoms with van der Waals surface area (Å²) in [4.78, 5) is 9.35. The van der Waals surface area contributed by atoms with Crippen LogP contribution in [0.25, 0.3) is 0 Å². The van der Waals surface area contributed by atoms with Gasteiger partial charge in [-0.1, -0.05) is 0 Å². The van der Waals surface area contributed by atoms with Gasteiger partial charge in [-0.15, -0.1) is 0 Å². The van der Waals surface area contributed by atoms with Crippen LogP contribution in [0.15, 0.2) is 6.07 Å². The van der Waals surface area contributed by atoms with E-state index in [-0.39, 0.29) is 5.69 Å². The molecule has 1 aromatic heterocycles. The van der Waals surface area contributed by atoms with Crippen molar-refractivity contribution < 1.29 is 18.1 Å². The number of aryl methyl sites for hydroxylation is 1. The van der Waals surface area contributed by atoms with Crippen molar-refractivity contribution in [1.82, 2.24) is 9.78 Å². The van der Waals surface area contributed by atoms with Gasteiger partial charge in [0, 0.05) is 12.0 Å². The summed E-state index contributed by atoms with van der Waals surface area (Å²) in [6.07, 6.45) is -4.56. The number of aromatic nitrogens is 2. The van der Waals surface area contributed by atoms with E-state index in [1.807, 2.05) is 0 Å². The van der Waals surface area contributed by atoms with Gasteiger partial charge in [0.05, 0.1) is 0 Å². The maximum atomic E-state index is 12.1. The Morgan fingerprint density at radius 1 is 1.64 bits per heavy atom. The van der Waals surface area contributed by atoms with E-state index in [4.69, 9.17) is 0 Å².